The van der Waals surface area contributed by atoms with Gasteiger partial charge in [-0.05, 0) is 6.92 Å². The molecule has 0 N–H and O–H groups in total. The number of hydrogen-bond acceptors (Lipinski definition) is 4. The van der Waals surface area contributed by atoms with Crippen LogP contribution in [-0.4, -0.2) is 67.6 Å². The number of Topliss-reactive ketones (excluding diaryl/α,β-unsaturated/α-hetero) is 1. The summed E-state index contributed by atoms with van der Waals surface area (Å²) in [6.45, 7) is 8.07. The van der Waals surface area contributed by atoms with Crippen LogP contribution in [0.4, 0.5) is 0 Å². The first-order valence-electron chi connectivity index (χ1n) is 5.38. The zero-order valence-corrected chi connectivity index (χ0v) is 8.74. The quantitative estimate of drug-likeness (QED) is 0.615. The fourth-order valence-corrected chi connectivity index (χ4v) is 2.22. The maximum Gasteiger partial charge on any atom is 0.176 e. The van der Waals surface area contributed by atoms with Gasteiger partial charge in [-0.1, -0.05) is 0 Å². The molecule has 0 aromatic carbocycles. The minimum atomic E-state index is 0.101. The molecule has 0 aromatic heterocycles. The highest BCUT2D eigenvalue weighted by Gasteiger charge is 2.35. The summed E-state index contributed by atoms with van der Waals surface area (Å²) in [5.74, 6) is 0.247. The first-order chi connectivity index (χ1) is 6.81. The SMILES string of the molecule is CCOCC(=O)C1CN2CCN1CC2. The fraction of sp³-hybridized carbons (Fsp3) is 0.900. The molecule has 1 atom stereocenters. The molecular formula is C10H18N2O2. The van der Waals surface area contributed by atoms with Crippen LogP contribution in [0, 0.1) is 0 Å². The lowest BCUT2D eigenvalue weighted by Crippen LogP contribution is -2.63. The summed E-state index contributed by atoms with van der Waals surface area (Å²) in [5.41, 5.74) is 0. The fourth-order valence-electron chi connectivity index (χ4n) is 2.22. The summed E-state index contributed by atoms with van der Waals surface area (Å²) in [5, 5.41) is 0. The standard InChI is InChI=1S/C10H18N2O2/c1-2-14-8-10(13)9-7-11-3-5-12(9)6-4-11/h9H,2-8H2,1H3. The van der Waals surface area contributed by atoms with Gasteiger partial charge in [0.25, 0.3) is 0 Å². The van der Waals surface area contributed by atoms with Crippen LogP contribution in [0.1, 0.15) is 6.92 Å². The largest absolute Gasteiger partial charge is 0.374 e. The number of nitrogens with zero attached hydrogens (tertiary/aromatic N) is 2. The van der Waals surface area contributed by atoms with E-state index in [0.717, 1.165) is 32.7 Å². The highest BCUT2D eigenvalue weighted by Crippen LogP contribution is 2.16. The van der Waals surface area contributed by atoms with Crippen molar-refractivity contribution >= 4 is 5.78 Å². The maximum atomic E-state index is 11.8. The molecule has 0 saturated carbocycles. The summed E-state index contributed by atoms with van der Waals surface area (Å²) < 4.78 is 5.16. The lowest BCUT2D eigenvalue weighted by molar-refractivity contribution is -0.133. The number of ether oxygens (including phenoxy) is 1. The molecule has 0 aromatic rings. The molecule has 3 aliphatic rings. The lowest BCUT2D eigenvalue weighted by Gasteiger charge is -2.46. The molecular weight excluding hydrogens is 180 g/mol. The molecule has 2 bridgehead atoms. The molecule has 0 aliphatic carbocycles. The average Bonchev–Trinajstić information content (AvgIpc) is 2.27. The third-order valence-electron chi connectivity index (χ3n) is 3.10. The van der Waals surface area contributed by atoms with Gasteiger partial charge in [0.15, 0.2) is 5.78 Å². The average molecular weight is 198 g/mol. The van der Waals surface area contributed by atoms with Gasteiger partial charge < -0.3 is 4.74 Å². The highest BCUT2D eigenvalue weighted by molar-refractivity contribution is 5.85. The van der Waals surface area contributed by atoms with Gasteiger partial charge in [0, 0.05) is 39.3 Å². The Morgan fingerprint density at radius 2 is 2.07 bits per heavy atom. The molecule has 3 fully saturated rings. The molecule has 1 unspecified atom stereocenters. The van der Waals surface area contributed by atoms with Crippen molar-refractivity contribution in [2.45, 2.75) is 13.0 Å². The van der Waals surface area contributed by atoms with Crippen molar-refractivity contribution in [1.82, 2.24) is 9.80 Å². The molecule has 80 valence electrons. The Hall–Kier alpha value is -0.450. The van der Waals surface area contributed by atoms with Crippen LogP contribution < -0.4 is 0 Å². The normalized spacial score (nSPS) is 35.9. The predicted molar refractivity (Wildman–Crippen MR) is 53.3 cm³/mol. The molecule has 4 heteroatoms. The highest BCUT2D eigenvalue weighted by atomic mass is 16.5. The van der Waals surface area contributed by atoms with Crippen LogP contribution in [0.2, 0.25) is 0 Å². The number of piperazine rings is 3. The van der Waals surface area contributed by atoms with Crippen molar-refractivity contribution in [3.63, 3.8) is 0 Å². The van der Waals surface area contributed by atoms with Gasteiger partial charge in [-0.3, -0.25) is 14.6 Å². The third kappa shape index (κ3) is 1.97. The molecule has 3 heterocycles. The maximum absolute atomic E-state index is 11.8. The van der Waals surface area contributed by atoms with E-state index in [0.29, 0.717) is 6.61 Å². The summed E-state index contributed by atoms with van der Waals surface area (Å²) in [6, 6.07) is 0.101. The van der Waals surface area contributed by atoms with Gasteiger partial charge in [0.2, 0.25) is 0 Å². The zero-order chi connectivity index (χ0) is 9.97. The van der Waals surface area contributed by atoms with Gasteiger partial charge in [-0.15, -0.1) is 0 Å². The number of hydrogen-bond donors (Lipinski definition) is 0. The Bertz CT molecular complexity index is 212. The Morgan fingerprint density at radius 3 is 2.57 bits per heavy atom. The van der Waals surface area contributed by atoms with Crippen molar-refractivity contribution < 1.29 is 9.53 Å². The molecule has 0 radical (unpaired) electrons. The van der Waals surface area contributed by atoms with E-state index < -0.39 is 0 Å². The second kappa shape index (κ2) is 4.38. The minimum absolute atomic E-state index is 0.101. The van der Waals surface area contributed by atoms with Crippen molar-refractivity contribution in [2.24, 2.45) is 0 Å². The van der Waals surface area contributed by atoms with Crippen LogP contribution >= 0.6 is 0 Å². The summed E-state index contributed by atoms with van der Waals surface area (Å²) in [4.78, 5) is 16.4. The Balaban J connectivity index is 1.88. The molecule has 4 nitrogen and oxygen atoms in total. The van der Waals surface area contributed by atoms with Crippen molar-refractivity contribution in [1.29, 1.82) is 0 Å². The molecule has 14 heavy (non-hydrogen) atoms. The van der Waals surface area contributed by atoms with E-state index >= 15 is 0 Å². The smallest absolute Gasteiger partial charge is 0.176 e. The van der Waals surface area contributed by atoms with Gasteiger partial charge in [0.05, 0.1) is 6.04 Å². The topological polar surface area (TPSA) is 32.8 Å². The number of rotatable bonds is 4. The van der Waals surface area contributed by atoms with E-state index in [9.17, 15) is 4.79 Å². The second-order valence-corrected chi connectivity index (χ2v) is 3.96. The Morgan fingerprint density at radius 1 is 1.36 bits per heavy atom. The van der Waals surface area contributed by atoms with Crippen LogP contribution in [-0.2, 0) is 9.53 Å². The van der Waals surface area contributed by atoms with Gasteiger partial charge in [-0.2, -0.15) is 0 Å². The molecule has 3 aliphatic heterocycles. The number of fused-ring (bicyclic) bond motifs is 3. The van der Waals surface area contributed by atoms with Gasteiger partial charge in [0.1, 0.15) is 6.61 Å². The van der Waals surface area contributed by atoms with E-state index in [2.05, 4.69) is 9.80 Å². The Kier molecular flexibility index (Phi) is 3.15. The van der Waals surface area contributed by atoms with Crippen LogP contribution in [0.25, 0.3) is 0 Å². The van der Waals surface area contributed by atoms with Gasteiger partial charge in [-0.25, -0.2) is 0 Å². The minimum Gasteiger partial charge on any atom is -0.374 e. The third-order valence-corrected chi connectivity index (χ3v) is 3.10. The van der Waals surface area contributed by atoms with Crippen molar-refractivity contribution in [2.75, 3.05) is 45.9 Å². The van der Waals surface area contributed by atoms with E-state index in [1.54, 1.807) is 0 Å². The Labute approximate surface area is 84.8 Å². The number of ketones is 1. The first kappa shape index (κ1) is 10.1. The summed E-state index contributed by atoms with van der Waals surface area (Å²) in [6.07, 6.45) is 0. The second-order valence-electron chi connectivity index (χ2n) is 3.96. The number of carbonyl (C=O) groups excluding carboxylic acids is 1. The molecule has 0 amide bonds. The molecule has 0 spiro atoms. The van der Waals surface area contributed by atoms with Crippen molar-refractivity contribution in [3.8, 4) is 0 Å². The number of carbonyl (C=O) groups is 1. The van der Waals surface area contributed by atoms with Crippen LogP contribution in [0.3, 0.4) is 0 Å². The summed E-state index contributed by atoms with van der Waals surface area (Å²) >= 11 is 0. The van der Waals surface area contributed by atoms with Crippen LogP contribution in [0.15, 0.2) is 0 Å². The lowest BCUT2D eigenvalue weighted by atomic mass is 10.0. The van der Waals surface area contributed by atoms with Gasteiger partial charge >= 0.3 is 0 Å². The van der Waals surface area contributed by atoms with E-state index in [4.69, 9.17) is 4.74 Å². The summed E-state index contributed by atoms with van der Waals surface area (Å²) in [7, 11) is 0. The van der Waals surface area contributed by atoms with E-state index in [-0.39, 0.29) is 18.4 Å². The molecule has 3 saturated heterocycles. The van der Waals surface area contributed by atoms with Crippen LogP contribution in [0.5, 0.6) is 0 Å². The van der Waals surface area contributed by atoms with E-state index in [1.165, 1.54) is 0 Å². The van der Waals surface area contributed by atoms with Crippen molar-refractivity contribution in [3.05, 3.63) is 0 Å². The zero-order valence-electron chi connectivity index (χ0n) is 8.74. The first-order valence-corrected chi connectivity index (χ1v) is 5.38. The van der Waals surface area contributed by atoms with E-state index in [1.807, 2.05) is 6.92 Å². The molecule has 3 rings (SSSR count). The predicted octanol–water partition coefficient (Wildman–Crippen LogP) is -0.408. The monoisotopic (exact) mass is 198 g/mol.